The Morgan fingerprint density at radius 2 is 1.89 bits per heavy atom. The summed E-state index contributed by atoms with van der Waals surface area (Å²) in [6.07, 6.45) is 5.41. The number of hydrogen-bond acceptors (Lipinski definition) is 4. The van der Waals surface area contributed by atoms with Crippen molar-refractivity contribution in [3.05, 3.63) is 53.0 Å². The fourth-order valence-corrected chi connectivity index (χ4v) is 2.20. The van der Waals surface area contributed by atoms with Crippen molar-refractivity contribution in [3.63, 3.8) is 0 Å². The first-order chi connectivity index (χ1) is 8.65. The van der Waals surface area contributed by atoms with E-state index >= 15 is 0 Å². The molecule has 2 aromatic heterocycles. The Bertz CT molecular complexity index is 531. The summed E-state index contributed by atoms with van der Waals surface area (Å²) in [5, 5.41) is 3.30. The van der Waals surface area contributed by atoms with Crippen LogP contribution in [0, 0.1) is 13.8 Å². The Balaban J connectivity index is 2.56. The van der Waals surface area contributed by atoms with Crippen molar-refractivity contribution in [2.24, 2.45) is 0 Å². The zero-order valence-corrected chi connectivity index (χ0v) is 10.9. The maximum absolute atomic E-state index is 6.01. The number of nitrogens with one attached hydrogen (secondary N) is 1. The fraction of sp³-hybridized carbons (Fsp3) is 0.286. The number of aryl methyl sites for hydroxylation is 2. The molecule has 2 rings (SSSR count). The van der Waals surface area contributed by atoms with Gasteiger partial charge in [0.15, 0.2) is 0 Å². The van der Waals surface area contributed by atoms with Gasteiger partial charge in [0.1, 0.15) is 5.82 Å². The predicted molar refractivity (Wildman–Crippen MR) is 73.3 cm³/mol. The van der Waals surface area contributed by atoms with E-state index in [0.717, 1.165) is 16.7 Å². The highest BCUT2D eigenvalue weighted by Crippen LogP contribution is 2.29. The lowest BCUT2D eigenvalue weighted by molar-refractivity contribution is 0.679. The first kappa shape index (κ1) is 12.5. The molecule has 0 fully saturated rings. The van der Waals surface area contributed by atoms with Gasteiger partial charge in [0.25, 0.3) is 0 Å². The largest absolute Gasteiger partial charge is 0.383 e. The van der Waals surface area contributed by atoms with Crippen molar-refractivity contribution in [2.75, 3.05) is 12.8 Å². The summed E-state index contributed by atoms with van der Waals surface area (Å²) in [7, 11) is 1.92. The molecule has 2 heterocycles. The van der Waals surface area contributed by atoms with E-state index in [1.165, 1.54) is 5.56 Å². The van der Waals surface area contributed by atoms with Gasteiger partial charge < -0.3 is 11.1 Å². The number of hydrogen-bond donors (Lipinski definition) is 2. The fourth-order valence-electron chi connectivity index (χ4n) is 2.20. The SMILES string of the molecule is CNC(c1cnccc1C)c1c(C)ccnc1N. The summed E-state index contributed by atoms with van der Waals surface area (Å²) in [6, 6.07) is 4.00. The van der Waals surface area contributed by atoms with Crippen LogP contribution in [0.5, 0.6) is 0 Å². The summed E-state index contributed by atoms with van der Waals surface area (Å²) in [5.74, 6) is 0.567. The van der Waals surface area contributed by atoms with Crippen LogP contribution >= 0.6 is 0 Å². The zero-order valence-electron chi connectivity index (χ0n) is 10.9. The molecule has 0 bridgehead atoms. The Labute approximate surface area is 107 Å². The number of aromatic nitrogens is 2. The van der Waals surface area contributed by atoms with Crippen LogP contribution in [0.15, 0.2) is 30.7 Å². The van der Waals surface area contributed by atoms with E-state index < -0.39 is 0 Å². The number of pyridine rings is 2. The highest BCUT2D eigenvalue weighted by Gasteiger charge is 2.19. The lowest BCUT2D eigenvalue weighted by Crippen LogP contribution is -2.21. The summed E-state index contributed by atoms with van der Waals surface area (Å²) >= 11 is 0. The van der Waals surface area contributed by atoms with Crippen LogP contribution in [0.4, 0.5) is 5.82 Å². The summed E-state index contributed by atoms with van der Waals surface area (Å²) in [6.45, 7) is 4.12. The normalized spacial score (nSPS) is 12.4. The molecule has 94 valence electrons. The van der Waals surface area contributed by atoms with Crippen LogP contribution < -0.4 is 11.1 Å². The minimum atomic E-state index is 0.0207. The van der Waals surface area contributed by atoms with Crippen molar-refractivity contribution < 1.29 is 0 Å². The first-order valence-corrected chi connectivity index (χ1v) is 5.94. The van der Waals surface area contributed by atoms with E-state index in [0.29, 0.717) is 5.82 Å². The minimum absolute atomic E-state index is 0.0207. The van der Waals surface area contributed by atoms with Gasteiger partial charge in [0, 0.05) is 24.2 Å². The van der Waals surface area contributed by atoms with Crippen molar-refractivity contribution >= 4 is 5.82 Å². The molecular formula is C14H18N4. The molecule has 0 amide bonds. The topological polar surface area (TPSA) is 63.8 Å². The zero-order chi connectivity index (χ0) is 13.1. The van der Waals surface area contributed by atoms with Crippen LogP contribution in [0.25, 0.3) is 0 Å². The Hall–Kier alpha value is -1.94. The van der Waals surface area contributed by atoms with E-state index in [4.69, 9.17) is 5.73 Å². The lowest BCUT2D eigenvalue weighted by atomic mass is 9.94. The molecule has 0 aliphatic heterocycles. The van der Waals surface area contributed by atoms with Crippen molar-refractivity contribution in [3.8, 4) is 0 Å². The monoisotopic (exact) mass is 242 g/mol. The van der Waals surface area contributed by atoms with Gasteiger partial charge in [-0.15, -0.1) is 0 Å². The average molecular weight is 242 g/mol. The third-order valence-corrected chi connectivity index (χ3v) is 3.21. The van der Waals surface area contributed by atoms with Crippen molar-refractivity contribution in [1.29, 1.82) is 0 Å². The van der Waals surface area contributed by atoms with Crippen LogP contribution in [-0.4, -0.2) is 17.0 Å². The maximum Gasteiger partial charge on any atom is 0.128 e. The van der Waals surface area contributed by atoms with Gasteiger partial charge >= 0.3 is 0 Å². The molecule has 4 nitrogen and oxygen atoms in total. The third kappa shape index (κ3) is 2.19. The van der Waals surface area contributed by atoms with E-state index in [2.05, 4.69) is 22.2 Å². The average Bonchev–Trinajstić information content (AvgIpc) is 2.35. The summed E-state index contributed by atoms with van der Waals surface area (Å²) in [4.78, 5) is 8.38. The highest BCUT2D eigenvalue weighted by molar-refractivity contribution is 5.50. The molecule has 0 aliphatic rings. The number of anilines is 1. The van der Waals surface area contributed by atoms with E-state index in [1.807, 2.05) is 32.3 Å². The number of nitrogens with zero attached hydrogens (tertiary/aromatic N) is 2. The lowest BCUT2D eigenvalue weighted by Gasteiger charge is -2.21. The molecule has 1 atom stereocenters. The molecular weight excluding hydrogens is 224 g/mol. The minimum Gasteiger partial charge on any atom is -0.383 e. The molecule has 1 unspecified atom stereocenters. The molecule has 3 N–H and O–H groups in total. The van der Waals surface area contributed by atoms with E-state index in [1.54, 1.807) is 12.4 Å². The van der Waals surface area contributed by atoms with Crippen LogP contribution in [0.1, 0.15) is 28.3 Å². The van der Waals surface area contributed by atoms with Crippen LogP contribution in [0.2, 0.25) is 0 Å². The molecule has 18 heavy (non-hydrogen) atoms. The highest BCUT2D eigenvalue weighted by atomic mass is 14.9. The second kappa shape index (κ2) is 5.14. The second-order valence-corrected chi connectivity index (χ2v) is 4.38. The maximum atomic E-state index is 6.01. The number of nitrogen functional groups attached to an aromatic ring is 1. The van der Waals surface area contributed by atoms with Gasteiger partial charge in [-0.2, -0.15) is 0 Å². The van der Waals surface area contributed by atoms with Gasteiger partial charge in [0.05, 0.1) is 6.04 Å². The Morgan fingerprint density at radius 1 is 1.17 bits per heavy atom. The predicted octanol–water partition coefficient (Wildman–Crippen LogP) is 1.98. The molecule has 2 aromatic rings. The molecule has 0 radical (unpaired) electrons. The van der Waals surface area contributed by atoms with E-state index in [-0.39, 0.29) is 6.04 Å². The van der Waals surface area contributed by atoms with Gasteiger partial charge in [-0.3, -0.25) is 4.98 Å². The van der Waals surface area contributed by atoms with Crippen LogP contribution in [0.3, 0.4) is 0 Å². The molecule has 0 aromatic carbocycles. The number of nitrogens with two attached hydrogens (primary N) is 1. The third-order valence-electron chi connectivity index (χ3n) is 3.21. The Morgan fingerprint density at radius 3 is 2.50 bits per heavy atom. The molecule has 0 saturated carbocycles. The van der Waals surface area contributed by atoms with Gasteiger partial charge in [-0.05, 0) is 49.7 Å². The van der Waals surface area contributed by atoms with Gasteiger partial charge in [-0.1, -0.05) is 0 Å². The standard InChI is InChI=1S/C14H18N4/c1-9-4-6-17-8-11(9)13(16-3)12-10(2)5-7-18-14(12)15/h4-8,13,16H,1-3H3,(H2,15,18). The summed E-state index contributed by atoms with van der Waals surface area (Å²) < 4.78 is 0. The molecule has 0 aliphatic carbocycles. The summed E-state index contributed by atoms with van der Waals surface area (Å²) in [5.41, 5.74) is 10.5. The number of rotatable bonds is 3. The second-order valence-electron chi connectivity index (χ2n) is 4.38. The van der Waals surface area contributed by atoms with Gasteiger partial charge in [-0.25, -0.2) is 4.98 Å². The molecule has 0 saturated heterocycles. The van der Waals surface area contributed by atoms with Crippen molar-refractivity contribution in [1.82, 2.24) is 15.3 Å². The van der Waals surface area contributed by atoms with Crippen LogP contribution in [-0.2, 0) is 0 Å². The molecule has 0 spiro atoms. The quantitative estimate of drug-likeness (QED) is 0.864. The Kier molecular flexibility index (Phi) is 3.58. The first-order valence-electron chi connectivity index (χ1n) is 5.94. The van der Waals surface area contributed by atoms with Crippen molar-refractivity contribution in [2.45, 2.75) is 19.9 Å². The smallest absolute Gasteiger partial charge is 0.128 e. The van der Waals surface area contributed by atoms with E-state index in [9.17, 15) is 0 Å². The van der Waals surface area contributed by atoms with Gasteiger partial charge in [0.2, 0.25) is 0 Å². The molecule has 4 heteroatoms.